The topological polar surface area (TPSA) is 74.6 Å². The smallest absolute Gasteiger partial charge is 0.252 e. The van der Waals surface area contributed by atoms with Crippen molar-refractivity contribution < 1.29 is 19.0 Å². The van der Waals surface area contributed by atoms with Crippen LogP contribution in [0.25, 0.3) is 11.0 Å². The van der Waals surface area contributed by atoms with Crippen LogP contribution in [0.2, 0.25) is 0 Å². The predicted molar refractivity (Wildman–Crippen MR) is 132 cm³/mol. The van der Waals surface area contributed by atoms with Crippen LogP contribution in [-0.2, 0) is 13.0 Å². The fraction of sp³-hybridized carbons (Fsp3) is 0.259. The van der Waals surface area contributed by atoms with Crippen molar-refractivity contribution in [3.63, 3.8) is 0 Å². The molecule has 1 amide bonds. The molecule has 0 aliphatic carbocycles. The molecule has 0 unspecified atom stereocenters. The van der Waals surface area contributed by atoms with Gasteiger partial charge in [0.05, 0.1) is 38.4 Å². The number of aryl methyl sites for hydroxylation is 1. The molecule has 0 bridgehead atoms. The van der Waals surface area contributed by atoms with E-state index in [1.54, 1.807) is 12.1 Å². The second-order valence-corrected chi connectivity index (χ2v) is 7.83. The second kappa shape index (κ2) is 10.3. The van der Waals surface area contributed by atoms with E-state index in [1.165, 1.54) is 21.3 Å². The molecule has 0 aliphatic heterocycles. The fourth-order valence-corrected chi connectivity index (χ4v) is 4.20. The SMILES string of the molecule is CCn1c([C@@H](Cc2ccccc2)NC(=O)c2cc(OC)c(OC)c(OC)c2)nc2ccccc21. The first-order chi connectivity index (χ1) is 16.6. The van der Waals surface area contributed by atoms with Crippen LogP contribution in [0.15, 0.2) is 66.7 Å². The molecule has 1 N–H and O–H groups in total. The summed E-state index contributed by atoms with van der Waals surface area (Å²) in [7, 11) is 4.59. The minimum atomic E-state index is -0.346. The summed E-state index contributed by atoms with van der Waals surface area (Å²) >= 11 is 0. The highest BCUT2D eigenvalue weighted by Gasteiger charge is 2.24. The van der Waals surface area contributed by atoms with E-state index >= 15 is 0 Å². The van der Waals surface area contributed by atoms with Gasteiger partial charge in [0.25, 0.3) is 5.91 Å². The molecule has 1 heterocycles. The maximum Gasteiger partial charge on any atom is 0.252 e. The van der Waals surface area contributed by atoms with Crippen LogP contribution < -0.4 is 19.5 Å². The molecule has 0 aliphatic rings. The minimum Gasteiger partial charge on any atom is -0.493 e. The van der Waals surface area contributed by atoms with E-state index in [0.29, 0.717) is 29.2 Å². The van der Waals surface area contributed by atoms with Crippen molar-refractivity contribution in [3.8, 4) is 17.2 Å². The van der Waals surface area contributed by atoms with E-state index < -0.39 is 0 Å². The summed E-state index contributed by atoms with van der Waals surface area (Å²) in [6.07, 6.45) is 0.598. The normalized spacial score (nSPS) is 11.8. The van der Waals surface area contributed by atoms with Gasteiger partial charge in [-0.2, -0.15) is 0 Å². The van der Waals surface area contributed by atoms with Gasteiger partial charge in [-0.25, -0.2) is 4.98 Å². The Bertz CT molecular complexity index is 1260. The fourth-order valence-electron chi connectivity index (χ4n) is 4.20. The number of carbonyl (C=O) groups is 1. The average molecular weight is 460 g/mol. The summed E-state index contributed by atoms with van der Waals surface area (Å²) < 4.78 is 18.4. The molecule has 4 aromatic rings. The molecule has 7 nitrogen and oxygen atoms in total. The van der Waals surface area contributed by atoms with E-state index in [-0.39, 0.29) is 11.9 Å². The van der Waals surface area contributed by atoms with Gasteiger partial charge in [-0.15, -0.1) is 0 Å². The lowest BCUT2D eigenvalue weighted by Crippen LogP contribution is -2.32. The van der Waals surface area contributed by atoms with Crippen LogP contribution in [0.1, 0.15) is 34.7 Å². The van der Waals surface area contributed by atoms with Gasteiger partial charge in [-0.05, 0) is 43.2 Å². The molecule has 0 radical (unpaired) electrons. The Labute approximate surface area is 199 Å². The maximum absolute atomic E-state index is 13.5. The number of methoxy groups -OCH3 is 3. The summed E-state index contributed by atoms with van der Waals surface area (Å²) in [4.78, 5) is 18.4. The molecular weight excluding hydrogens is 430 g/mol. The highest BCUT2D eigenvalue weighted by molar-refractivity contribution is 5.96. The molecule has 4 rings (SSSR count). The summed E-state index contributed by atoms with van der Waals surface area (Å²) in [5, 5.41) is 3.20. The van der Waals surface area contributed by atoms with E-state index in [2.05, 4.69) is 35.0 Å². The number of imidazole rings is 1. The summed E-state index contributed by atoms with van der Waals surface area (Å²) in [6, 6.07) is 21.1. The molecule has 0 saturated carbocycles. The number of hydrogen-bond acceptors (Lipinski definition) is 5. The average Bonchev–Trinajstić information content (AvgIpc) is 3.26. The standard InChI is InChI=1S/C27H29N3O4/c1-5-30-22-14-10-9-13-20(22)28-26(30)21(15-18-11-7-6-8-12-18)29-27(31)19-16-23(32-2)25(34-4)24(17-19)33-3/h6-14,16-17,21H,5,15H2,1-4H3,(H,29,31)/t21-/m1/s1. The van der Waals surface area contributed by atoms with Crippen molar-refractivity contribution >= 4 is 16.9 Å². The molecular formula is C27H29N3O4. The third-order valence-electron chi connectivity index (χ3n) is 5.83. The number of amides is 1. The number of fused-ring (bicyclic) bond motifs is 1. The Hall–Kier alpha value is -4.00. The summed E-state index contributed by atoms with van der Waals surface area (Å²) in [5.74, 6) is 1.85. The van der Waals surface area contributed by atoms with E-state index in [0.717, 1.165) is 29.0 Å². The molecule has 0 spiro atoms. The summed E-state index contributed by atoms with van der Waals surface area (Å²) in [5.41, 5.74) is 3.46. The van der Waals surface area contributed by atoms with Crippen LogP contribution in [0.5, 0.6) is 17.2 Å². The van der Waals surface area contributed by atoms with Crippen LogP contribution in [0, 0.1) is 0 Å². The molecule has 1 atom stereocenters. The lowest BCUT2D eigenvalue weighted by molar-refractivity contribution is 0.0933. The molecule has 176 valence electrons. The quantitative estimate of drug-likeness (QED) is 0.389. The Morgan fingerprint density at radius 3 is 2.21 bits per heavy atom. The zero-order chi connectivity index (χ0) is 24.1. The molecule has 0 saturated heterocycles. The van der Waals surface area contributed by atoms with Crippen LogP contribution in [0.4, 0.5) is 0 Å². The van der Waals surface area contributed by atoms with Crippen molar-refractivity contribution in [1.29, 1.82) is 0 Å². The zero-order valence-corrected chi connectivity index (χ0v) is 19.9. The number of rotatable bonds is 9. The first-order valence-electron chi connectivity index (χ1n) is 11.2. The lowest BCUT2D eigenvalue weighted by atomic mass is 10.0. The lowest BCUT2D eigenvalue weighted by Gasteiger charge is -2.21. The van der Waals surface area contributed by atoms with Gasteiger partial charge < -0.3 is 24.1 Å². The van der Waals surface area contributed by atoms with Gasteiger partial charge in [0.2, 0.25) is 5.75 Å². The Balaban J connectivity index is 1.75. The van der Waals surface area contributed by atoms with Gasteiger partial charge in [-0.1, -0.05) is 42.5 Å². The molecule has 34 heavy (non-hydrogen) atoms. The monoisotopic (exact) mass is 459 g/mol. The Morgan fingerprint density at radius 1 is 0.941 bits per heavy atom. The van der Waals surface area contributed by atoms with Gasteiger partial charge in [-0.3, -0.25) is 4.79 Å². The third kappa shape index (κ3) is 4.55. The second-order valence-electron chi connectivity index (χ2n) is 7.83. The largest absolute Gasteiger partial charge is 0.493 e. The number of nitrogens with zero attached hydrogens (tertiary/aromatic N) is 2. The van der Waals surface area contributed by atoms with Crippen molar-refractivity contribution in [1.82, 2.24) is 14.9 Å². The van der Waals surface area contributed by atoms with Crippen LogP contribution in [0.3, 0.4) is 0 Å². The van der Waals surface area contributed by atoms with Crippen LogP contribution in [-0.4, -0.2) is 36.8 Å². The first kappa shape index (κ1) is 23.2. The number of carbonyl (C=O) groups excluding carboxylic acids is 1. The van der Waals surface area contributed by atoms with Crippen LogP contribution >= 0.6 is 0 Å². The van der Waals surface area contributed by atoms with E-state index in [9.17, 15) is 4.79 Å². The number of nitrogens with one attached hydrogen (secondary N) is 1. The maximum atomic E-state index is 13.5. The van der Waals surface area contributed by atoms with Crippen molar-refractivity contribution in [3.05, 3.63) is 83.7 Å². The van der Waals surface area contributed by atoms with E-state index in [1.807, 2.05) is 36.4 Å². The van der Waals surface area contributed by atoms with Gasteiger partial charge in [0.1, 0.15) is 5.82 Å². The zero-order valence-electron chi connectivity index (χ0n) is 19.9. The highest BCUT2D eigenvalue weighted by atomic mass is 16.5. The number of hydrogen-bond donors (Lipinski definition) is 1. The molecule has 3 aromatic carbocycles. The van der Waals surface area contributed by atoms with Gasteiger partial charge in [0, 0.05) is 12.1 Å². The van der Waals surface area contributed by atoms with Crippen molar-refractivity contribution in [2.24, 2.45) is 0 Å². The summed E-state index contributed by atoms with van der Waals surface area (Å²) in [6.45, 7) is 2.82. The predicted octanol–water partition coefficient (Wildman–Crippen LogP) is 4.80. The molecule has 1 aromatic heterocycles. The van der Waals surface area contributed by atoms with Crippen molar-refractivity contribution in [2.45, 2.75) is 25.9 Å². The molecule has 0 fully saturated rings. The van der Waals surface area contributed by atoms with E-state index in [4.69, 9.17) is 19.2 Å². The Morgan fingerprint density at radius 2 is 1.59 bits per heavy atom. The first-order valence-corrected chi connectivity index (χ1v) is 11.2. The Kier molecular flexibility index (Phi) is 7.01. The third-order valence-corrected chi connectivity index (χ3v) is 5.83. The molecule has 7 heteroatoms. The van der Waals surface area contributed by atoms with Gasteiger partial charge in [0.15, 0.2) is 11.5 Å². The number of ether oxygens (including phenoxy) is 3. The van der Waals surface area contributed by atoms with Gasteiger partial charge >= 0.3 is 0 Å². The number of benzene rings is 3. The van der Waals surface area contributed by atoms with Crippen molar-refractivity contribution in [2.75, 3.05) is 21.3 Å². The number of para-hydroxylation sites is 2. The highest BCUT2D eigenvalue weighted by Crippen LogP contribution is 2.38. The number of aromatic nitrogens is 2. The minimum absolute atomic E-state index is 0.255.